The van der Waals surface area contributed by atoms with E-state index in [1.54, 1.807) is 0 Å². The van der Waals surface area contributed by atoms with E-state index in [1.165, 1.54) is 5.57 Å². The van der Waals surface area contributed by atoms with Crippen molar-refractivity contribution in [1.29, 1.82) is 0 Å². The van der Waals surface area contributed by atoms with Gasteiger partial charge in [0.1, 0.15) is 0 Å². The minimum atomic E-state index is -0.395. The first-order valence-electron chi connectivity index (χ1n) is 9.21. The van der Waals surface area contributed by atoms with Crippen LogP contribution in [0, 0.1) is 10.8 Å². The first-order chi connectivity index (χ1) is 11.2. The van der Waals surface area contributed by atoms with Gasteiger partial charge in [0.05, 0.1) is 24.4 Å². The van der Waals surface area contributed by atoms with Gasteiger partial charge in [-0.05, 0) is 44.2 Å². The molecule has 2 saturated heterocycles. The third-order valence-corrected chi connectivity index (χ3v) is 5.76. The average molecular weight is 346 g/mol. The Morgan fingerprint density at radius 2 is 1.56 bits per heavy atom. The van der Waals surface area contributed by atoms with Gasteiger partial charge in [-0.2, -0.15) is 0 Å². The van der Waals surface area contributed by atoms with Gasteiger partial charge >= 0.3 is 7.12 Å². The van der Waals surface area contributed by atoms with Gasteiger partial charge in [-0.25, -0.2) is 0 Å². The Morgan fingerprint density at radius 1 is 1.04 bits per heavy atom. The van der Waals surface area contributed by atoms with Gasteiger partial charge in [0, 0.05) is 5.41 Å². The van der Waals surface area contributed by atoms with E-state index in [-0.39, 0.29) is 22.0 Å². The van der Waals surface area contributed by atoms with Crippen LogP contribution in [0.2, 0.25) is 0 Å². The number of hydrogen-bond donors (Lipinski definition) is 0. The highest BCUT2D eigenvalue weighted by atomic mass is 16.7. The van der Waals surface area contributed by atoms with E-state index in [1.807, 2.05) is 0 Å². The molecule has 3 nitrogen and oxygen atoms in total. The zero-order valence-corrected chi connectivity index (χ0v) is 17.6. The van der Waals surface area contributed by atoms with Crippen LogP contribution in [0.4, 0.5) is 0 Å². The fraction of sp³-hybridized carbons (Fsp3) is 0.714. The third-order valence-electron chi connectivity index (χ3n) is 5.76. The second-order valence-corrected chi connectivity index (χ2v) is 10.1. The molecular formula is C21H35BO3. The summed E-state index contributed by atoms with van der Waals surface area (Å²) in [6.07, 6.45) is 4.33. The van der Waals surface area contributed by atoms with Crippen molar-refractivity contribution in [3.05, 3.63) is 35.3 Å². The van der Waals surface area contributed by atoms with Crippen molar-refractivity contribution >= 4 is 7.12 Å². The molecular weight excluding hydrogens is 311 g/mol. The SMILES string of the molecule is C=C(/C=C(\C=C1/COCC1(C)C)B1OC(C)(C)C(C)(C)O1)C(C)(C)C. The third kappa shape index (κ3) is 4.29. The summed E-state index contributed by atoms with van der Waals surface area (Å²) in [5.74, 6) is 0. The van der Waals surface area contributed by atoms with Crippen LogP contribution in [0.15, 0.2) is 35.3 Å². The van der Waals surface area contributed by atoms with Crippen molar-refractivity contribution in [2.75, 3.05) is 13.2 Å². The Labute approximate surface area is 154 Å². The zero-order chi connectivity index (χ0) is 19.3. The lowest BCUT2D eigenvalue weighted by Crippen LogP contribution is -2.41. The Hall–Kier alpha value is -0.835. The Bertz CT molecular complexity index is 587. The summed E-state index contributed by atoms with van der Waals surface area (Å²) in [6.45, 7) is 24.9. The predicted molar refractivity (Wildman–Crippen MR) is 105 cm³/mol. The molecule has 0 bridgehead atoms. The summed E-state index contributed by atoms with van der Waals surface area (Å²) in [5.41, 5.74) is 2.66. The van der Waals surface area contributed by atoms with E-state index in [4.69, 9.17) is 14.0 Å². The highest BCUT2D eigenvalue weighted by Gasteiger charge is 2.52. The molecule has 0 spiro atoms. The van der Waals surface area contributed by atoms with Crippen LogP contribution >= 0.6 is 0 Å². The van der Waals surface area contributed by atoms with Crippen molar-refractivity contribution in [1.82, 2.24) is 0 Å². The Kier molecular flexibility index (Phi) is 5.24. The summed E-state index contributed by atoms with van der Waals surface area (Å²) < 4.78 is 18.3. The van der Waals surface area contributed by atoms with Crippen LogP contribution < -0.4 is 0 Å². The molecule has 2 rings (SSSR count). The normalized spacial score (nSPS) is 27.2. The van der Waals surface area contributed by atoms with Gasteiger partial charge in [-0.1, -0.05) is 58.9 Å². The van der Waals surface area contributed by atoms with E-state index in [0.717, 1.165) is 17.7 Å². The van der Waals surface area contributed by atoms with Crippen LogP contribution in [-0.2, 0) is 14.0 Å². The summed E-state index contributed by atoms with van der Waals surface area (Å²) in [6, 6.07) is 0. The maximum Gasteiger partial charge on any atom is 0.494 e. The molecule has 0 N–H and O–H groups in total. The summed E-state index contributed by atoms with van der Waals surface area (Å²) >= 11 is 0. The van der Waals surface area contributed by atoms with Gasteiger partial charge in [0.15, 0.2) is 0 Å². The van der Waals surface area contributed by atoms with Crippen LogP contribution in [0.25, 0.3) is 0 Å². The van der Waals surface area contributed by atoms with Crippen molar-refractivity contribution < 1.29 is 14.0 Å². The molecule has 2 heterocycles. The number of allylic oxidation sites excluding steroid dienone is 4. The van der Waals surface area contributed by atoms with Crippen molar-refractivity contribution in [3.8, 4) is 0 Å². The molecule has 25 heavy (non-hydrogen) atoms. The average Bonchev–Trinajstić information content (AvgIpc) is 2.84. The van der Waals surface area contributed by atoms with Crippen molar-refractivity contribution in [3.63, 3.8) is 0 Å². The fourth-order valence-corrected chi connectivity index (χ4v) is 2.72. The minimum Gasteiger partial charge on any atom is -0.399 e. The number of ether oxygens (including phenoxy) is 1. The summed E-state index contributed by atoms with van der Waals surface area (Å²) in [4.78, 5) is 0. The molecule has 0 aromatic heterocycles. The zero-order valence-electron chi connectivity index (χ0n) is 17.6. The first-order valence-corrected chi connectivity index (χ1v) is 9.21. The van der Waals surface area contributed by atoms with E-state index in [0.29, 0.717) is 6.61 Å². The highest BCUT2D eigenvalue weighted by Crippen LogP contribution is 2.41. The van der Waals surface area contributed by atoms with Crippen molar-refractivity contribution in [2.45, 2.75) is 73.5 Å². The second kappa shape index (κ2) is 6.40. The van der Waals surface area contributed by atoms with Crippen molar-refractivity contribution in [2.24, 2.45) is 10.8 Å². The lowest BCUT2D eigenvalue weighted by molar-refractivity contribution is 0.00578. The maximum atomic E-state index is 6.30. The van der Waals surface area contributed by atoms with E-state index >= 15 is 0 Å². The lowest BCUT2D eigenvalue weighted by atomic mass is 9.72. The maximum absolute atomic E-state index is 6.30. The molecule has 0 radical (unpaired) electrons. The minimum absolute atomic E-state index is 0.00487. The van der Waals surface area contributed by atoms with Gasteiger partial charge in [-0.3, -0.25) is 0 Å². The van der Waals surface area contributed by atoms with Gasteiger partial charge < -0.3 is 14.0 Å². The standard InChI is InChI=1S/C21H35BO3/c1-15(18(2,3)4)11-17(12-16-13-23-14-19(16,5)6)22-24-20(7,8)21(9,10)25-22/h11-12H,1,13-14H2,2-10H3/b16-12+,17-11+. The van der Waals surface area contributed by atoms with E-state index in [2.05, 4.69) is 81.0 Å². The molecule has 0 amide bonds. The van der Waals surface area contributed by atoms with Gasteiger partial charge in [-0.15, -0.1) is 0 Å². The molecule has 0 aromatic carbocycles. The number of hydrogen-bond acceptors (Lipinski definition) is 3. The summed E-state index contributed by atoms with van der Waals surface area (Å²) in [5, 5.41) is 0. The van der Waals surface area contributed by atoms with Gasteiger partial charge in [0.25, 0.3) is 0 Å². The smallest absolute Gasteiger partial charge is 0.399 e. The quantitative estimate of drug-likeness (QED) is 0.524. The number of rotatable bonds is 3. The molecule has 0 atom stereocenters. The molecule has 0 unspecified atom stereocenters. The molecule has 2 aliphatic heterocycles. The molecule has 140 valence electrons. The van der Waals surface area contributed by atoms with Crippen LogP contribution in [-0.4, -0.2) is 31.5 Å². The first kappa shape index (κ1) is 20.5. The highest BCUT2D eigenvalue weighted by molar-refractivity contribution is 6.55. The molecule has 0 aliphatic carbocycles. The largest absolute Gasteiger partial charge is 0.494 e. The molecule has 4 heteroatoms. The topological polar surface area (TPSA) is 27.7 Å². The van der Waals surface area contributed by atoms with Crippen LogP contribution in [0.1, 0.15) is 62.3 Å². The summed E-state index contributed by atoms with van der Waals surface area (Å²) in [7, 11) is -0.395. The van der Waals surface area contributed by atoms with Crippen LogP contribution in [0.3, 0.4) is 0 Å². The lowest BCUT2D eigenvalue weighted by Gasteiger charge is -2.32. The molecule has 0 saturated carbocycles. The molecule has 2 aliphatic rings. The Balaban J connectivity index is 2.43. The van der Waals surface area contributed by atoms with E-state index in [9.17, 15) is 0 Å². The van der Waals surface area contributed by atoms with E-state index < -0.39 is 7.12 Å². The molecule has 2 fully saturated rings. The molecule has 0 aromatic rings. The predicted octanol–water partition coefficient (Wildman–Crippen LogP) is 5.13. The monoisotopic (exact) mass is 346 g/mol. The Morgan fingerprint density at radius 3 is 1.96 bits per heavy atom. The fourth-order valence-electron chi connectivity index (χ4n) is 2.72. The second-order valence-electron chi connectivity index (χ2n) is 10.1. The van der Waals surface area contributed by atoms with Crippen LogP contribution in [0.5, 0.6) is 0 Å². The van der Waals surface area contributed by atoms with Gasteiger partial charge in [0.2, 0.25) is 0 Å².